The van der Waals surface area contributed by atoms with Gasteiger partial charge in [-0.05, 0) is 6.08 Å². The molecule has 0 radical (unpaired) electrons. The van der Waals surface area contributed by atoms with Gasteiger partial charge in [0.1, 0.15) is 0 Å². The number of hydrogen-bond donors (Lipinski definition) is 1. The molecule has 2 rings (SSSR count). The van der Waals surface area contributed by atoms with Gasteiger partial charge in [0.2, 0.25) is 6.23 Å². The summed E-state index contributed by atoms with van der Waals surface area (Å²) in [4.78, 5) is 0. The summed E-state index contributed by atoms with van der Waals surface area (Å²) in [5.74, 6) is 1.13. The van der Waals surface area contributed by atoms with Crippen LogP contribution in [-0.4, -0.2) is 12.8 Å². The van der Waals surface area contributed by atoms with Crippen molar-refractivity contribution >= 4 is 0 Å². The van der Waals surface area contributed by atoms with Crippen LogP contribution in [-0.2, 0) is 4.74 Å². The van der Waals surface area contributed by atoms with E-state index in [9.17, 15) is 0 Å². The Labute approximate surface area is 35.8 Å². The van der Waals surface area contributed by atoms with Gasteiger partial charge in [-0.25, -0.2) is 0 Å². The Kier molecular flexibility index (Phi) is 0.268. The molecule has 2 nitrogen and oxygen atoms in total. The Morgan fingerprint density at radius 2 is 3.00 bits per heavy atom. The zero-order valence-electron chi connectivity index (χ0n) is 3.27. The van der Waals surface area contributed by atoms with Gasteiger partial charge in [0.25, 0.3) is 0 Å². The first-order chi connectivity index (χ1) is 2.97. The molecule has 0 saturated carbocycles. The average Bonchev–Trinajstić information content (AvgIpc) is 2.17. The van der Waals surface area contributed by atoms with E-state index in [2.05, 4.69) is 11.4 Å². The van der Waals surface area contributed by atoms with Crippen LogP contribution in [0.3, 0.4) is 0 Å². The van der Waals surface area contributed by atoms with E-state index < -0.39 is 0 Å². The topological polar surface area (TPSA) is 24.6 Å². The quantitative estimate of drug-likeness (QED) is 0.411. The second-order valence-electron chi connectivity index (χ2n) is 1.51. The first kappa shape index (κ1) is 2.64. The minimum atomic E-state index is 0.324. The first-order valence-electron chi connectivity index (χ1n) is 2.07. The summed E-state index contributed by atoms with van der Waals surface area (Å²) in [5, 5.41) is 3.08. The molecule has 2 aliphatic heterocycles. The summed E-state index contributed by atoms with van der Waals surface area (Å²) >= 11 is 0. The van der Waals surface area contributed by atoms with Crippen LogP contribution >= 0.6 is 0 Å². The molecule has 1 fully saturated rings. The Morgan fingerprint density at radius 1 is 2.00 bits per heavy atom. The van der Waals surface area contributed by atoms with E-state index in [0.29, 0.717) is 6.23 Å². The van der Waals surface area contributed by atoms with Crippen molar-refractivity contribution in [2.75, 3.05) is 6.54 Å². The molecule has 1 saturated heterocycles. The van der Waals surface area contributed by atoms with Gasteiger partial charge in [-0.3, -0.25) is 5.32 Å². The molecular weight excluding hydrogens is 78.0 g/mol. The Bertz CT molecular complexity index is 108. The molecule has 2 heteroatoms. The van der Waals surface area contributed by atoms with Crippen molar-refractivity contribution < 1.29 is 4.74 Å². The van der Waals surface area contributed by atoms with Crippen LogP contribution in [0.15, 0.2) is 11.8 Å². The maximum atomic E-state index is 4.90. The molecule has 6 heavy (non-hydrogen) atoms. The number of epoxide rings is 1. The van der Waals surface area contributed by atoms with E-state index >= 15 is 0 Å². The molecule has 0 aromatic heterocycles. The molecule has 1 N–H and O–H groups in total. The van der Waals surface area contributed by atoms with Crippen LogP contribution in [0, 0.1) is 0 Å². The van der Waals surface area contributed by atoms with Crippen molar-refractivity contribution in [2.24, 2.45) is 0 Å². The van der Waals surface area contributed by atoms with E-state index in [0.717, 1.165) is 12.3 Å². The van der Waals surface area contributed by atoms with Crippen LogP contribution in [0.2, 0.25) is 0 Å². The summed E-state index contributed by atoms with van der Waals surface area (Å²) in [6.45, 7) is 1.00. The minimum Gasteiger partial charge on any atom is -0.467 e. The fourth-order valence-electron chi connectivity index (χ4n) is 0.666. The SMILES string of the molecule is C1=C2OC2NC1. The van der Waals surface area contributed by atoms with Crippen molar-refractivity contribution in [3.05, 3.63) is 11.8 Å². The molecule has 0 aromatic rings. The number of ether oxygens (including phenoxy) is 1. The summed E-state index contributed by atoms with van der Waals surface area (Å²) < 4.78 is 4.90. The van der Waals surface area contributed by atoms with Crippen LogP contribution < -0.4 is 5.32 Å². The molecule has 0 aliphatic carbocycles. The van der Waals surface area contributed by atoms with Crippen LogP contribution in [0.1, 0.15) is 0 Å². The molecule has 1 atom stereocenters. The molecule has 0 bridgehead atoms. The maximum Gasteiger partial charge on any atom is 0.208 e. The van der Waals surface area contributed by atoms with E-state index in [1.807, 2.05) is 0 Å². The van der Waals surface area contributed by atoms with Gasteiger partial charge in [0, 0.05) is 6.54 Å². The Morgan fingerprint density at radius 3 is 3.17 bits per heavy atom. The van der Waals surface area contributed by atoms with E-state index in [4.69, 9.17) is 4.74 Å². The van der Waals surface area contributed by atoms with Crippen LogP contribution in [0.4, 0.5) is 0 Å². The highest BCUT2D eigenvalue weighted by molar-refractivity contribution is 5.18. The lowest BCUT2D eigenvalue weighted by Crippen LogP contribution is -2.11. The zero-order chi connectivity index (χ0) is 3.98. The number of hydrogen-bond acceptors (Lipinski definition) is 2. The van der Waals surface area contributed by atoms with Gasteiger partial charge in [-0.2, -0.15) is 0 Å². The predicted octanol–water partition coefficient (Wildman–Crippen LogP) is -0.170. The number of fused-ring (bicyclic) bond motifs is 1. The standard InChI is InChI=1S/C4H5NO/c1-2-5-4-3(1)6-4/h1,4-5H,2H2. The number of rotatable bonds is 0. The molecule has 32 valence electrons. The van der Waals surface area contributed by atoms with Crippen molar-refractivity contribution in [1.29, 1.82) is 0 Å². The monoisotopic (exact) mass is 83.0 g/mol. The highest BCUT2D eigenvalue weighted by Crippen LogP contribution is 2.26. The van der Waals surface area contributed by atoms with Gasteiger partial charge < -0.3 is 4.74 Å². The first-order valence-corrected chi connectivity index (χ1v) is 2.07. The van der Waals surface area contributed by atoms with Gasteiger partial charge in [0.15, 0.2) is 5.76 Å². The molecule has 2 aliphatic rings. The fraction of sp³-hybridized carbons (Fsp3) is 0.500. The predicted molar refractivity (Wildman–Crippen MR) is 21.0 cm³/mol. The molecule has 0 aromatic carbocycles. The highest BCUT2D eigenvalue weighted by atomic mass is 16.6. The fourth-order valence-corrected chi connectivity index (χ4v) is 0.666. The molecule has 2 heterocycles. The molecular formula is C4H5NO. The second kappa shape index (κ2) is 0.611. The van der Waals surface area contributed by atoms with Crippen molar-refractivity contribution in [3.8, 4) is 0 Å². The third-order valence-corrected chi connectivity index (χ3v) is 1.06. The van der Waals surface area contributed by atoms with Gasteiger partial charge >= 0.3 is 0 Å². The molecule has 0 spiro atoms. The van der Waals surface area contributed by atoms with Gasteiger partial charge in [-0.15, -0.1) is 0 Å². The van der Waals surface area contributed by atoms with Crippen molar-refractivity contribution in [1.82, 2.24) is 5.32 Å². The minimum absolute atomic E-state index is 0.324. The molecule has 1 unspecified atom stereocenters. The van der Waals surface area contributed by atoms with Gasteiger partial charge in [0.05, 0.1) is 0 Å². The number of nitrogens with one attached hydrogen (secondary N) is 1. The summed E-state index contributed by atoms with van der Waals surface area (Å²) in [7, 11) is 0. The smallest absolute Gasteiger partial charge is 0.208 e. The van der Waals surface area contributed by atoms with E-state index in [1.54, 1.807) is 0 Å². The van der Waals surface area contributed by atoms with Gasteiger partial charge in [-0.1, -0.05) is 0 Å². The van der Waals surface area contributed by atoms with E-state index in [-0.39, 0.29) is 0 Å². The lowest BCUT2D eigenvalue weighted by molar-refractivity contribution is 0.381. The lowest BCUT2D eigenvalue weighted by atomic mass is 10.6. The normalized spacial score (nSPS) is 37.3. The Balaban J connectivity index is 2.35. The third-order valence-electron chi connectivity index (χ3n) is 1.06. The average molecular weight is 83.1 g/mol. The van der Waals surface area contributed by atoms with Crippen LogP contribution in [0.5, 0.6) is 0 Å². The highest BCUT2D eigenvalue weighted by Gasteiger charge is 2.35. The Hall–Kier alpha value is -0.500. The second-order valence-corrected chi connectivity index (χ2v) is 1.51. The van der Waals surface area contributed by atoms with Crippen LogP contribution in [0.25, 0.3) is 0 Å². The molecule has 0 amide bonds. The zero-order valence-corrected chi connectivity index (χ0v) is 3.27. The summed E-state index contributed by atoms with van der Waals surface area (Å²) in [6, 6.07) is 0. The van der Waals surface area contributed by atoms with Crippen molar-refractivity contribution in [2.45, 2.75) is 6.23 Å². The van der Waals surface area contributed by atoms with E-state index in [1.165, 1.54) is 0 Å². The summed E-state index contributed by atoms with van der Waals surface area (Å²) in [5.41, 5.74) is 0. The maximum absolute atomic E-state index is 4.90. The third kappa shape index (κ3) is 0.165. The van der Waals surface area contributed by atoms with Crippen molar-refractivity contribution in [3.63, 3.8) is 0 Å². The lowest BCUT2D eigenvalue weighted by Gasteiger charge is -1.83. The largest absolute Gasteiger partial charge is 0.467 e. The summed E-state index contributed by atoms with van der Waals surface area (Å²) in [6.07, 6.45) is 2.38.